The number of hydrogen-bond donors (Lipinski definition) is 1. The van der Waals surface area contributed by atoms with Gasteiger partial charge in [0.15, 0.2) is 0 Å². The third-order valence-electron chi connectivity index (χ3n) is 4.94. The Morgan fingerprint density at radius 3 is 2.40 bits per heavy atom. The Balaban J connectivity index is 1.51. The van der Waals surface area contributed by atoms with Gasteiger partial charge in [-0.2, -0.15) is 0 Å². The topological polar surface area (TPSA) is 39.3 Å². The maximum Gasteiger partial charge on any atom is 0.270 e. The minimum atomic E-state index is -0.214. The number of fused-ring (bicyclic) bond motifs is 1. The number of rotatable bonds is 2. The minimum absolute atomic E-state index is 0.0156. The fourth-order valence-electron chi connectivity index (χ4n) is 3.51. The van der Waals surface area contributed by atoms with Crippen molar-refractivity contribution in [2.75, 3.05) is 31.1 Å². The molecule has 0 bridgehead atoms. The van der Waals surface area contributed by atoms with Crippen LogP contribution in [0.1, 0.15) is 16.1 Å². The van der Waals surface area contributed by atoms with Gasteiger partial charge in [-0.05, 0) is 30.7 Å². The fraction of sp³-hybridized carbons (Fsp3) is 0.250. The number of nitrogens with zero attached hydrogens (tertiary/aromatic N) is 2. The zero-order chi connectivity index (χ0) is 17.4. The average Bonchev–Trinajstić information content (AvgIpc) is 2.99. The maximum atomic E-state index is 13.9. The smallest absolute Gasteiger partial charge is 0.270 e. The lowest BCUT2D eigenvalue weighted by Gasteiger charge is -2.36. The summed E-state index contributed by atoms with van der Waals surface area (Å²) in [4.78, 5) is 20.0. The van der Waals surface area contributed by atoms with E-state index in [2.05, 4.69) is 4.98 Å². The van der Waals surface area contributed by atoms with Gasteiger partial charge in [-0.3, -0.25) is 4.79 Å². The van der Waals surface area contributed by atoms with Gasteiger partial charge < -0.3 is 14.8 Å². The monoisotopic (exact) mass is 337 g/mol. The molecule has 0 aliphatic carbocycles. The normalized spacial score (nSPS) is 15.0. The molecule has 1 N–H and O–H groups in total. The molecule has 1 amide bonds. The number of amides is 1. The van der Waals surface area contributed by atoms with Crippen molar-refractivity contribution in [3.63, 3.8) is 0 Å². The number of carbonyl (C=O) groups is 1. The largest absolute Gasteiger partial charge is 0.366 e. The van der Waals surface area contributed by atoms with E-state index in [0.29, 0.717) is 37.6 Å². The van der Waals surface area contributed by atoms with Crippen molar-refractivity contribution in [3.8, 4) is 0 Å². The van der Waals surface area contributed by atoms with E-state index in [1.165, 1.54) is 6.07 Å². The average molecular weight is 337 g/mol. The number of para-hydroxylation sites is 2. The lowest BCUT2D eigenvalue weighted by atomic mass is 10.1. The number of piperazine rings is 1. The molecule has 0 unspecified atom stereocenters. The second-order valence-corrected chi connectivity index (χ2v) is 6.40. The van der Waals surface area contributed by atoms with Crippen LogP contribution in [0.15, 0.2) is 48.5 Å². The van der Waals surface area contributed by atoms with Gasteiger partial charge in [0.1, 0.15) is 11.5 Å². The van der Waals surface area contributed by atoms with Gasteiger partial charge in [-0.1, -0.05) is 30.3 Å². The van der Waals surface area contributed by atoms with Crippen molar-refractivity contribution in [2.45, 2.75) is 6.92 Å². The van der Waals surface area contributed by atoms with E-state index in [1.807, 2.05) is 47.1 Å². The second kappa shape index (κ2) is 6.24. The van der Waals surface area contributed by atoms with Gasteiger partial charge in [0.05, 0.1) is 5.69 Å². The summed E-state index contributed by atoms with van der Waals surface area (Å²) in [6.45, 7) is 4.41. The minimum Gasteiger partial charge on any atom is -0.366 e. The predicted octanol–water partition coefficient (Wildman–Crippen LogP) is 3.58. The van der Waals surface area contributed by atoms with E-state index in [1.54, 1.807) is 12.1 Å². The molecule has 1 saturated heterocycles. The van der Waals surface area contributed by atoms with Crippen LogP contribution < -0.4 is 4.90 Å². The number of aromatic amines is 1. The van der Waals surface area contributed by atoms with E-state index >= 15 is 0 Å². The molecule has 1 aliphatic heterocycles. The van der Waals surface area contributed by atoms with Gasteiger partial charge in [0.2, 0.25) is 0 Å². The first-order chi connectivity index (χ1) is 12.1. The molecule has 25 heavy (non-hydrogen) atoms. The van der Waals surface area contributed by atoms with Gasteiger partial charge >= 0.3 is 0 Å². The number of anilines is 1. The zero-order valence-electron chi connectivity index (χ0n) is 14.1. The molecule has 5 heteroatoms. The van der Waals surface area contributed by atoms with E-state index in [9.17, 15) is 9.18 Å². The third kappa shape index (κ3) is 2.76. The Labute approximate surface area is 145 Å². The Kier molecular flexibility index (Phi) is 3.92. The number of aromatic nitrogens is 1. The Morgan fingerprint density at radius 1 is 1.00 bits per heavy atom. The molecule has 0 spiro atoms. The van der Waals surface area contributed by atoms with Crippen molar-refractivity contribution < 1.29 is 9.18 Å². The Hall–Kier alpha value is -2.82. The molecule has 1 aliphatic rings. The van der Waals surface area contributed by atoms with Crippen LogP contribution in [-0.4, -0.2) is 42.0 Å². The molecule has 1 fully saturated rings. The van der Waals surface area contributed by atoms with Crippen LogP contribution in [0.5, 0.6) is 0 Å². The lowest BCUT2D eigenvalue weighted by molar-refractivity contribution is 0.0741. The zero-order valence-corrected chi connectivity index (χ0v) is 14.1. The number of halogens is 1. The number of hydrogen-bond acceptors (Lipinski definition) is 2. The van der Waals surface area contributed by atoms with Crippen LogP contribution in [0.3, 0.4) is 0 Å². The van der Waals surface area contributed by atoms with Crippen molar-refractivity contribution >= 4 is 22.5 Å². The number of carbonyl (C=O) groups excluding carboxylic acids is 1. The molecule has 0 atom stereocenters. The van der Waals surface area contributed by atoms with E-state index in [-0.39, 0.29) is 11.7 Å². The van der Waals surface area contributed by atoms with Gasteiger partial charge in [0.25, 0.3) is 5.91 Å². The van der Waals surface area contributed by atoms with Gasteiger partial charge in [-0.15, -0.1) is 0 Å². The summed E-state index contributed by atoms with van der Waals surface area (Å²) < 4.78 is 13.9. The molecule has 4 rings (SSSR count). The summed E-state index contributed by atoms with van der Waals surface area (Å²) >= 11 is 0. The fourth-order valence-corrected chi connectivity index (χ4v) is 3.51. The molecule has 0 radical (unpaired) electrons. The summed E-state index contributed by atoms with van der Waals surface area (Å²) in [6, 6.07) is 14.7. The van der Waals surface area contributed by atoms with Crippen LogP contribution in [-0.2, 0) is 0 Å². The quantitative estimate of drug-likeness (QED) is 0.776. The second-order valence-electron chi connectivity index (χ2n) is 6.40. The molecule has 3 aromatic rings. The highest BCUT2D eigenvalue weighted by Crippen LogP contribution is 2.24. The van der Waals surface area contributed by atoms with Crippen molar-refractivity contribution in [3.05, 3.63) is 65.6 Å². The van der Waals surface area contributed by atoms with Crippen molar-refractivity contribution in [1.82, 2.24) is 9.88 Å². The van der Waals surface area contributed by atoms with Crippen molar-refractivity contribution in [1.29, 1.82) is 0 Å². The predicted molar refractivity (Wildman–Crippen MR) is 97.6 cm³/mol. The van der Waals surface area contributed by atoms with Gasteiger partial charge in [-0.25, -0.2) is 4.39 Å². The Morgan fingerprint density at radius 2 is 1.68 bits per heavy atom. The maximum absolute atomic E-state index is 13.9. The highest BCUT2D eigenvalue weighted by atomic mass is 19.1. The number of nitrogens with one attached hydrogen (secondary N) is 1. The lowest BCUT2D eigenvalue weighted by Crippen LogP contribution is -2.49. The number of H-pyrrole nitrogens is 1. The SMILES string of the molecule is Cc1c(C(=O)N2CCN(c3ccccc3F)CC2)[nH]c2ccccc12. The standard InChI is InChI=1S/C20H20FN3O/c1-14-15-6-2-4-8-17(15)22-19(14)20(25)24-12-10-23(11-13-24)18-9-5-3-7-16(18)21/h2-9,22H,10-13H2,1H3. The molecule has 128 valence electrons. The Bertz CT molecular complexity index is 926. The van der Waals surface area contributed by atoms with E-state index in [0.717, 1.165) is 16.5 Å². The molecule has 4 nitrogen and oxygen atoms in total. The van der Waals surface area contributed by atoms with Crippen LogP contribution in [0, 0.1) is 12.7 Å². The molecule has 1 aromatic heterocycles. The van der Waals surface area contributed by atoms with E-state index < -0.39 is 0 Å². The summed E-state index contributed by atoms with van der Waals surface area (Å²) in [6.07, 6.45) is 0. The molecule has 2 heterocycles. The van der Waals surface area contributed by atoms with E-state index in [4.69, 9.17) is 0 Å². The third-order valence-corrected chi connectivity index (χ3v) is 4.94. The highest BCUT2D eigenvalue weighted by molar-refractivity contribution is 6.01. The summed E-state index contributed by atoms with van der Waals surface area (Å²) in [7, 11) is 0. The molecular weight excluding hydrogens is 317 g/mol. The van der Waals surface area contributed by atoms with Crippen LogP contribution in [0.2, 0.25) is 0 Å². The summed E-state index contributed by atoms with van der Waals surface area (Å²) in [5.74, 6) is -0.198. The number of benzene rings is 2. The van der Waals surface area contributed by atoms with Gasteiger partial charge in [0, 0.05) is 37.1 Å². The highest BCUT2D eigenvalue weighted by Gasteiger charge is 2.25. The first kappa shape index (κ1) is 15.7. The van der Waals surface area contributed by atoms with Crippen LogP contribution in [0.4, 0.5) is 10.1 Å². The first-order valence-corrected chi connectivity index (χ1v) is 8.51. The number of aryl methyl sites for hydroxylation is 1. The summed E-state index contributed by atoms with van der Waals surface area (Å²) in [5, 5.41) is 1.08. The van der Waals surface area contributed by atoms with Crippen LogP contribution in [0.25, 0.3) is 10.9 Å². The molecule has 2 aromatic carbocycles. The molecule has 0 saturated carbocycles. The first-order valence-electron chi connectivity index (χ1n) is 8.51. The van der Waals surface area contributed by atoms with Crippen LogP contribution >= 0.6 is 0 Å². The summed E-state index contributed by atoms with van der Waals surface area (Å²) in [5.41, 5.74) is 3.22. The van der Waals surface area contributed by atoms with Crippen molar-refractivity contribution in [2.24, 2.45) is 0 Å². The molecular formula is C20H20FN3O.